The number of nitrogens with one attached hydrogen (secondary N) is 1. The molecule has 142 valence electrons. The first-order chi connectivity index (χ1) is 13.0. The lowest BCUT2D eigenvalue weighted by atomic mass is 10.2. The summed E-state index contributed by atoms with van der Waals surface area (Å²) >= 11 is 11.9. The zero-order valence-corrected chi connectivity index (χ0v) is 15.9. The number of amides is 2. The van der Waals surface area contributed by atoms with Crippen molar-refractivity contribution in [2.24, 2.45) is 0 Å². The normalized spacial score (nSPS) is 13.4. The lowest BCUT2D eigenvalue weighted by Crippen LogP contribution is -2.23. The smallest absolute Gasteiger partial charge is 0.414 e. The molecule has 2 aromatic rings. The maximum absolute atomic E-state index is 12.1. The van der Waals surface area contributed by atoms with Crippen molar-refractivity contribution in [2.75, 3.05) is 30.0 Å². The van der Waals surface area contributed by atoms with Crippen LogP contribution in [0.4, 0.5) is 16.2 Å². The summed E-state index contributed by atoms with van der Waals surface area (Å²) in [5.41, 5.74) is 1.31. The summed E-state index contributed by atoms with van der Waals surface area (Å²) in [6.45, 7) is 1.22. The SMILES string of the molecule is O=C(CCCOc1ccc(Cl)cc1Cl)Nc1cccc(N2CCOC2=O)c1. The maximum Gasteiger partial charge on any atom is 0.414 e. The molecule has 0 spiro atoms. The number of anilines is 2. The van der Waals surface area contributed by atoms with E-state index in [0.717, 1.165) is 0 Å². The summed E-state index contributed by atoms with van der Waals surface area (Å²) in [5.74, 6) is 0.397. The van der Waals surface area contributed by atoms with Crippen molar-refractivity contribution in [1.82, 2.24) is 0 Å². The zero-order chi connectivity index (χ0) is 19.2. The fourth-order valence-electron chi connectivity index (χ4n) is 2.61. The highest BCUT2D eigenvalue weighted by Crippen LogP contribution is 2.27. The van der Waals surface area contributed by atoms with E-state index in [9.17, 15) is 9.59 Å². The molecule has 8 heteroatoms. The predicted molar refractivity (Wildman–Crippen MR) is 105 cm³/mol. The Morgan fingerprint density at radius 1 is 1.22 bits per heavy atom. The molecule has 6 nitrogen and oxygen atoms in total. The third-order valence-corrected chi connectivity index (χ3v) is 4.43. The maximum atomic E-state index is 12.1. The number of halogens is 2. The number of carbonyl (C=O) groups excluding carboxylic acids is 2. The van der Waals surface area contributed by atoms with Gasteiger partial charge in [-0.3, -0.25) is 9.69 Å². The highest BCUT2D eigenvalue weighted by Gasteiger charge is 2.23. The van der Waals surface area contributed by atoms with Crippen LogP contribution in [0.2, 0.25) is 10.0 Å². The molecular weight excluding hydrogens is 391 g/mol. The summed E-state index contributed by atoms with van der Waals surface area (Å²) < 4.78 is 10.5. The summed E-state index contributed by atoms with van der Waals surface area (Å²) in [4.78, 5) is 25.3. The van der Waals surface area contributed by atoms with Gasteiger partial charge >= 0.3 is 6.09 Å². The van der Waals surface area contributed by atoms with E-state index in [1.54, 1.807) is 42.5 Å². The van der Waals surface area contributed by atoms with Gasteiger partial charge in [0.1, 0.15) is 12.4 Å². The molecule has 0 radical (unpaired) electrons. The van der Waals surface area contributed by atoms with Crippen LogP contribution in [0, 0.1) is 0 Å². The Bertz CT molecular complexity index is 844. The van der Waals surface area contributed by atoms with Crippen molar-refractivity contribution in [1.29, 1.82) is 0 Å². The van der Waals surface area contributed by atoms with Gasteiger partial charge in [-0.25, -0.2) is 4.79 Å². The van der Waals surface area contributed by atoms with Crippen LogP contribution in [0.5, 0.6) is 5.75 Å². The molecule has 1 saturated heterocycles. The topological polar surface area (TPSA) is 67.9 Å². The molecule has 1 N–H and O–H groups in total. The molecule has 1 aliphatic heterocycles. The van der Waals surface area contributed by atoms with Crippen molar-refractivity contribution < 1.29 is 19.1 Å². The zero-order valence-electron chi connectivity index (χ0n) is 14.4. The third kappa shape index (κ3) is 5.28. The monoisotopic (exact) mass is 408 g/mol. The minimum atomic E-state index is -0.378. The molecule has 0 unspecified atom stereocenters. The second kappa shape index (κ2) is 8.97. The summed E-state index contributed by atoms with van der Waals surface area (Å²) in [6.07, 6.45) is 0.445. The Hall–Kier alpha value is -2.44. The molecule has 1 heterocycles. The van der Waals surface area contributed by atoms with Crippen LogP contribution in [0.1, 0.15) is 12.8 Å². The van der Waals surface area contributed by atoms with Crippen LogP contribution < -0.4 is 15.0 Å². The highest BCUT2D eigenvalue weighted by molar-refractivity contribution is 6.35. The first-order valence-electron chi connectivity index (χ1n) is 8.45. The third-order valence-electron chi connectivity index (χ3n) is 3.90. The first-order valence-corrected chi connectivity index (χ1v) is 9.20. The van der Waals surface area contributed by atoms with Gasteiger partial charge in [0.25, 0.3) is 0 Å². The average Bonchev–Trinajstić information content (AvgIpc) is 3.06. The number of hydrogen-bond acceptors (Lipinski definition) is 4. The van der Waals surface area contributed by atoms with E-state index in [1.807, 2.05) is 0 Å². The standard InChI is InChI=1S/C19H18Cl2N2O4/c20-13-6-7-17(16(21)11-13)26-9-2-5-18(24)22-14-3-1-4-15(12-14)23-8-10-27-19(23)25/h1,3-4,6-7,11-12H,2,5,8-10H2,(H,22,24). The van der Waals surface area contributed by atoms with Gasteiger partial charge in [0, 0.05) is 22.8 Å². The van der Waals surface area contributed by atoms with E-state index in [2.05, 4.69) is 5.32 Å². The molecule has 1 aliphatic rings. The minimum absolute atomic E-state index is 0.137. The molecule has 2 amide bonds. The number of carbonyl (C=O) groups is 2. The van der Waals surface area contributed by atoms with Crippen molar-refractivity contribution in [3.05, 3.63) is 52.5 Å². The van der Waals surface area contributed by atoms with Gasteiger partial charge in [-0.05, 0) is 42.8 Å². The van der Waals surface area contributed by atoms with Crippen LogP contribution in [0.25, 0.3) is 0 Å². The van der Waals surface area contributed by atoms with Crippen molar-refractivity contribution in [3.8, 4) is 5.75 Å². The van der Waals surface area contributed by atoms with Gasteiger partial charge in [0.15, 0.2) is 0 Å². The fourth-order valence-corrected chi connectivity index (χ4v) is 3.07. The number of nitrogens with zero attached hydrogens (tertiary/aromatic N) is 1. The van der Waals surface area contributed by atoms with Gasteiger partial charge in [-0.1, -0.05) is 29.3 Å². The molecule has 0 atom stereocenters. The molecular formula is C19H18Cl2N2O4. The predicted octanol–water partition coefficient (Wildman–Crippen LogP) is 4.75. The lowest BCUT2D eigenvalue weighted by molar-refractivity contribution is -0.116. The Labute approximate surface area is 167 Å². The Balaban J connectivity index is 1.46. The van der Waals surface area contributed by atoms with Gasteiger partial charge in [-0.15, -0.1) is 0 Å². The second-order valence-electron chi connectivity index (χ2n) is 5.89. The molecule has 2 aromatic carbocycles. The van der Waals surface area contributed by atoms with Crippen molar-refractivity contribution in [3.63, 3.8) is 0 Å². The number of rotatable bonds is 7. The Kier molecular flexibility index (Phi) is 6.42. The van der Waals surface area contributed by atoms with E-state index in [-0.39, 0.29) is 12.0 Å². The van der Waals surface area contributed by atoms with E-state index in [4.69, 9.17) is 32.7 Å². The van der Waals surface area contributed by atoms with Crippen LogP contribution in [-0.2, 0) is 9.53 Å². The largest absolute Gasteiger partial charge is 0.492 e. The number of ether oxygens (including phenoxy) is 2. The summed E-state index contributed by atoms with van der Waals surface area (Å²) in [7, 11) is 0. The fraction of sp³-hybridized carbons (Fsp3) is 0.263. The lowest BCUT2D eigenvalue weighted by Gasteiger charge is -2.14. The van der Waals surface area contributed by atoms with Gasteiger partial charge in [0.2, 0.25) is 5.91 Å². The van der Waals surface area contributed by atoms with Crippen LogP contribution >= 0.6 is 23.2 Å². The highest BCUT2D eigenvalue weighted by atomic mass is 35.5. The molecule has 0 bridgehead atoms. The van der Waals surface area contributed by atoms with Gasteiger partial charge in [-0.2, -0.15) is 0 Å². The van der Waals surface area contributed by atoms with E-state index in [1.165, 1.54) is 4.90 Å². The summed E-state index contributed by atoms with van der Waals surface area (Å²) in [5, 5.41) is 3.79. The minimum Gasteiger partial charge on any atom is -0.492 e. The average molecular weight is 409 g/mol. The van der Waals surface area contributed by atoms with Crippen LogP contribution in [0.3, 0.4) is 0 Å². The Morgan fingerprint density at radius 2 is 2.07 bits per heavy atom. The van der Waals surface area contributed by atoms with Crippen molar-refractivity contribution >= 4 is 46.6 Å². The molecule has 27 heavy (non-hydrogen) atoms. The molecule has 0 aromatic heterocycles. The van der Waals surface area contributed by atoms with Crippen LogP contribution in [-0.4, -0.2) is 31.8 Å². The molecule has 3 rings (SSSR count). The number of hydrogen-bond donors (Lipinski definition) is 1. The second-order valence-corrected chi connectivity index (χ2v) is 6.73. The van der Waals surface area contributed by atoms with Gasteiger partial charge in [0.05, 0.1) is 18.2 Å². The Morgan fingerprint density at radius 3 is 2.81 bits per heavy atom. The van der Waals surface area contributed by atoms with Crippen molar-refractivity contribution in [2.45, 2.75) is 12.8 Å². The molecule has 0 saturated carbocycles. The van der Waals surface area contributed by atoms with E-state index < -0.39 is 0 Å². The summed E-state index contributed by atoms with van der Waals surface area (Å²) in [6, 6.07) is 12.1. The van der Waals surface area contributed by atoms with E-state index in [0.29, 0.717) is 59.8 Å². The quantitative estimate of drug-likeness (QED) is 0.671. The molecule has 0 aliphatic carbocycles. The van der Waals surface area contributed by atoms with E-state index >= 15 is 0 Å². The van der Waals surface area contributed by atoms with Gasteiger partial charge < -0.3 is 14.8 Å². The number of cyclic esters (lactones) is 1. The van der Waals surface area contributed by atoms with Crippen LogP contribution in [0.15, 0.2) is 42.5 Å². The molecule has 1 fully saturated rings. The first kappa shape index (κ1) is 19.3. The number of benzene rings is 2.